The van der Waals surface area contributed by atoms with E-state index in [0.717, 1.165) is 5.92 Å². The third-order valence-corrected chi connectivity index (χ3v) is 3.67. The number of unbranched alkanes of at least 4 members (excludes halogenated alkanes) is 2. The van der Waals surface area contributed by atoms with E-state index in [2.05, 4.69) is 32.9 Å². The van der Waals surface area contributed by atoms with Crippen molar-refractivity contribution in [3.05, 3.63) is 12.2 Å². The van der Waals surface area contributed by atoms with Crippen LogP contribution in [-0.4, -0.2) is 0 Å². The van der Waals surface area contributed by atoms with Crippen LogP contribution in [0.2, 0.25) is 0 Å². The molecule has 1 fully saturated rings. The molecule has 0 aromatic rings. The largest absolute Gasteiger partial charge is 0.0885 e. The van der Waals surface area contributed by atoms with Gasteiger partial charge in [0.25, 0.3) is 0 Å². The second-order valence-electron chi connectivity index (χ2n) is 5.98. The zero-order valence-electron chi connectivity index (χ0n) is 10.9. The first-order chi connectivity index (χ1) is 7.14. The smallest absolute Gasteiger partial charge is 0.0322 e. The van der Waals surface area contributed by atoms with Crippen LogP contribution in [0.15, 0.2) is 12.2 Å². The van der Waals surface area contributed by atoms with Gasteiger partial charge in [0.15, 0.2) is 0 Å². The lowest BCUT2D eigenvalue weighted by Crippen LogP contribution is -2.22. The molecular formula is C15H28. The van der Waals surface area contributed by atoms with E-state index in [4.69, 9.17) is 0 Å². The predicted octanol–water partition coefficient (Wildman–Crippen LogP) is 5.34. The van der Waals surface area contributed by atoms with Crippen LogP contribution in [-0.2, 0) is 0 Å². The quantitative estimate of drug-likeness (QED) is 0.422. The Bertz CT molecular complexity index is 188. The van der Waals surface area contributed by atoms with Gasteiger partial charge in [0, 0.05) is 0 Å². The average Bonchev–Trinajstić information content (AvgIpc) is 2.16. The Morgan fingerprint density at radius 1 is 1.27 bits per heavy atom. The molecule has 1 atom stereocenters. The molecule has 0 heterocycles. The van der Waals surface area contributed by atoms with Crippen LogP contribution in [0.5, 0.6) is 0 Å². The highest BCUT2D eigenvalue weighted by atomic mass is 14.3. The van der Waals surface area contributed by atoms with Crippen LogP contribution in [0.4, 0.5) is 0 Å². The summed E-state index contributed by atoms with van der Waals surface area (Å²) < 4.78 is 0. The third kappa shape index (κ3) is 5.39. The van der Waals surface area contributed by atoms with Crippen LogP contribution in [0.1, 0.15) is 72.1 Å². The summed E-state index contributed by atoms with van der Waals surface area (Å²) in [4.78, 5) is 0. The van der Waals surface area contributed by atoms with Crippen molar-refractivity contribution < 1.29 is 0 Å². The Kier molecular flexibility index (Phi) is 5.42. The monoisotopic (exact) mass is 208 g/mol. The van der Waals surface area contributed by atoms with Gasteiger partial charge >= 0.3 is 0 Å². The van der Waals surface area contributed by atoms with Crippen LogP contribution in [0, 0.1) is 11.3 Å². The molecule has 0 N–H and O–H groups in total. The van der Waals surface area contributed by atoms with Crippen molar-refractivity contribution in [2.45, 2.75) is 72.1 Å². The second kappa shape index (κ2) is 6.35. The van der Waals surface area contributed by atoms with Crippen molar-refractivity contribution in [2.24, 2.45) is 11.3 Å². The molecule has 0 aromatic carbocycles. The molecule has 1 aliphatic rings. The van der Waals surface area contributed by atoms with E-state index < -0.39 is 0 Å². The van der Waals surface area contributed by atoms with Crippen molar-refractivity contribution in [1.29, 1.82) is 0 Å². The molecule has 0 spiro atoms. The summed E-state index contributed by atoms with van der Waals surface area (Å²) in [6.07, 6.45) is 15.9. The van der Waals surface area contributed by atoms with Gasteiger partial charge in [0.05, 0.1) is 0 Å². The van der Waals surface area contributed by atoms with Crippen molar-refractivity contribution in [2.75, 3.05) is 0 Å². The van der Waals surface area contributed by atoms with Gasteiger partial charge in [0.2, 0.25) is 0 Å². The van der Waals surface area contributed by atoms with Gasteiger partial charge in [-0.15, -0.1) is 0 Å². The maximum absolute atomic E-state index is 2.43. The van der Waals surface area contributed by atoms with Gasteiger partial charge in [-0.2, -0.15) is 0 Å². The van der Waals surface area contributed by atoms with Gasteiger partial charge in [-0.3, -0.25) is 0 Å². The van der Waals surface area contributed by atoms with Crippen molar-refractivity contribution in [3.63, 3.8) is 0 Å². The van der Waals surface area contributed by atoms with Crippen molar-refractivity contribution >= 4 is 0 Å². The standard InChI is InChI=1S/C15H28/c1-4-5-6-7-8-10-14-11-9-12-15(2,3)13-14/h7-8,14H,4-6,9-13H2,1-3H3/b8-7-. The first kappa shape index (κ1) is 12.8. The summed E-state index contributed by atoms with van der Waals surface area (Å²) in [7, 11) is 0. The maximum Gasteiger partial charge on any atom is -0.0322 e. The minimum atomic E-state index is 0.611. The van der Waals surface area contributed by atoms with E-state index in [1.165, 1.54) is 51.4 Å². The topological polar surface area (TPSA) is 0 Å². The molecule has 0 amide bonds. The highest BCUT2D eigenvalue weighted by molar-refractivity contribution is 4.88. The molecule has 0 bridgehead atoms. The maximum atomic E-state index is 2.43. The summed E-state index contributed by atoms with van der Waals surface area (Å²) >= 11 is 0. The molecule has 15 heavy (non-hydrogen) atoms. The van der Waals surface area contributed by atoms with Crippen LogP contribution in [0.25, 0.3) is 0 Å². The lowest BCUT2D eigenvalue weighted by Gasteiger charge is -2.34. The van der Waals surface area contributed by atoms with Gasteiger partial charge in [-0.25, -0.2) is 0 Å². The Morgan fingerprint density at radius 2 is 2.07 bits per heavy atom. The van der Waals surface area contributed by atoms with E-state index in [-0.39, 0.29) is 0 Å². The predicted molar refractivity (Wildman–Crippen MR) is 69.0 cm³/mol. The summed E-state index contributed by atoms with van der Waals surface area (Å²) in [6.45, 7) is 7.12. The fourth-order valence-corrected chi connectivity index (χ4v) is 2.78. The van der Waals surface area contributed by atoms with E-state index >= 15 is 0 Å². The molecule has 88 valence electrons. The van der Waals surface area contributed by atoms with E-state index in [1.807, 2.05) is 0 Å². The molecule has 0 radical (unpaired) electrons. The van der Waals surface area contributed by atoms with E-state index in [0.29, 0.717) is 5.41 Å². The summed E-state index contributed by atoms with van der Waals surface area (Å²) in [5.74, 6) is 0.964. The third-order valence-electron chi connectivity index (χ3n) is 3.67. The second-order valence-corrected chi connectivity index (χ2v) is 5.98. The molecule has 0 aromatic heterocycles. The summed E-state index contributed by atoms with van der Waals surface area (Å²) in [6, 6.07) is 0. The first-order valence-corrected chi connectivity index (χ1v) is 6.79. The van der Waals surface area contributed by atoms with Crippen LogP contribution >= 0.6 is 0 Å². The molecule has 1 rings (SSSR count). The molecule has 0 heteroatoms. The fourth-order valence-electron chi connectivity index (χ4n) is 2.78. The summed E-state index contributed by atoms with van der Waals surface area (Å²) in [5, 5.41) is 0. The SMILES string of the molecule is CCCC/C=C\CC1CCCC(C)(C)C1. The van der Waals surface area contributed by atoms with E-state index in [1.54, 1.807) is 0 Å². The Morgan fingerprint density at radius 3 is 2.73 bits per heavy atom. The lowest BCUT2D eigenvalue weighted by molar-refractivity contribution is 0.181. The molecule has 1 saturated carbocycles. The normalized spacial score (nSPS) is 25.9. The van der Waals surface area contributed by atoms with Crippen LogP contribution < -0.4 is 0 Å². The highest BCUT2D eigenvalue weighted by Gasteiger charge is 2.26. The molecule has 1 unspecified atom stereocenters. The Hall–Kier alpha value is -0.260. The minimum Gasteiger partial charge on any atom is -0.0885 e. The first-order valence-electron chi connectivity index (χ1n) is 6.79. The van der Waals surface area contributed by atoms with Gasteiger partial charge in [0.1, 0.15) is 0 Å². The number of allylic oxidation sites excluding steroid dienone is 2. The number of hydrogen-bond donors (Lipinski definition) is 0. The minimum absolute atomic E-state index is 0.611. The van der Waals surface area contributed by atoms with Gasteiger partial charge in [-0.05, 0) is 37.0 Å². The average molecular weight is 208 g/mol. The molecule has 0 nitrogen and oxygen atoms in total. The van der Waals surface area contributed by atoms with E-state index in [9.17, 15) is 0 Å². The molecule has 0 aliphatic heterocycles. The zero-order chi connectivity index (χ0) is 11.1. The molecule has 1 aliphatic carbocycles. The van der Waals surface area contributed by atoms with Crippen molar-refractivity contribution in [1.82, 2.24) is 0 Å². The van der Waals surface area contributed by atoms with Crippen molar-refractivity contribution in [3.8, 4) is 0 Å². The number of rotatable bonds is 5. The van der Waals surface area contributed by atoms with Gasteiger partial charge < -0.3 is 0 Å². The van der Waals surface area contributed by atoms with Gasteiger partial charge in [-0.1, -0.05) is 58.6 Å². The van der Waals surface area contributed by atoms with Crippen LogP contribution in [0.3, 0.4) is 0 Å². The number of hydrogen-bond acceptors (Lipinski definition) is 0. The Balaban J connectivity index is 2.18. The Labute approximate surface area is 96.2 Å². The molecule has 0 saturated heterocycles. The fraction of sp³-hybridized carbons (Fsp3) is 0.867. The lowest BCUT2D eigenvalue weighted by atomic mass is 9.71. The highest BCUT2D eigenvalue weighted by Crippen LogP contribution is 2.39. The zero-order valence-corrected chi connectivity index (χ0v) is 10.9. The summed E-state index contributed by atoms with van der Waals surface area (Å²) in [5.41, 5.74) is 0.611. The molecular weight excluding hydrogens is 180 g/mol.